The molecule has 41 heavy (non-hydrogen) atoms. The van der Waals surface area contributed by atoms with E-state index >= 15 is 0 Å². The van der Waals surface area contributed by atoms with E-state index in [9.17, 15) is 14.4 Å². The fourth-order valence-electron chi connectivity index (χ4n) is 5.82. The number of hydrogen-bond acceptors (Lipinski definition) is 4. The summed E-state index contributed by atoms with van der Waals surface area (Å²) in [5, 5.41) is 13.1. The molecular formula is C35H25NO5. The standard InChI is InChI=1S/C35H25NO5/c1-19(2)21-5-7-22(8-6-21)23-9-15-29-28(18-23)25-12-13-26-32-27(14-16-30(41-29)33(25)32)35(40)36(34(26)39)24-10-3-20(4-11-24)17-31(37)38/h3-16,18-19H,17H2,1-2H3,(H,37,38). The molecule has 6 nitrogen and oxygen atoms in total. The summed E-state index contributed by atoms with van der Waals surface area (Å²) in [5.74, 6) is -0.494. The Balaban J connectivity index is 1.45. The van der Waals surface area contributed by atoms with Crippen molar-refractivity contribution in [2.75, 3.05) is 0 Å². The molecule has 1 N–H and O–H groups in total. The van der Waals surface area contributed by atoms with Gasteiger partial charge in [0.2, 0.25) is 0 Å². The number of fused-ring (bicyclic) bond motifs is 2. The van der Waals surface area contributed by atoms with E-state index in [4.69, 9.17) is 9.52 Å². The second-order valence-electron chi connectivity index (χ2n) is 10.8. The number of carbonyl (C=O) groups is 1. The van der Waals surface area contributed by atoms with Crippen LogP contribution < -0.4 is 11.1 Å². The summed E-state index contributed by atoms with van der Waals surface area (Å²) in [4.78, 5) is 38.5. The zero-order valence-electron chi connectivity index (χ0n) is 22.5. The van der Waals surface area contributed by atoms with Crippen LogP contribution in [-0.4, -0.2) is 15.6 Å². The Morgan fingerprint density at radius 2 is 1.32 bits per heavy atom. The first-order valence-corrected chi connectivity index (χ1v) is 13.5. The van der Waals surface area contributed by atoms with Gasteiger partial charge in [0.05, 0.1) is 12.1 Å². The summed E-state index contributed by atoms with van der Waals surface area (Å²) < 4.78 is 7.47. The van der Waals surface area contributed by atoms with Crippen molar-refractivity contribution in [3.8, 4) is 16.8 Å². The fourth-order valence-corrected chi connectivity index (χ4v) is 5.82. The largest absolute Gasteiger partial charge is 0.481 e. The summed E-state index contributed by atoms with van der Waals surface area (Å²) >= 11 is 0. The number of nitrogens with zero attached hydrogens (tertiary/aromatic N) is 1. The summed E-state index contributed by atoms with van der Waals surface area (Å²) in [6, 6.07) is 28.3. The van der Waals surface area contributed by atoms with Gasteiger partial charge in [-0.15, -0.1) is 0 Å². The highest BCUT2D eigenvalue weighted by molar-refractivity contribution is 6.26. The molecule has 0 aliphatic rings. The molecule has 7 rings (SSSR count). The van der Waals surface area contributed by atoms with E-state index in [0.29, 0.717) is 38.9 Å². The van der Waals surface area contributed by atoms with Crippen molar-refractivity contribution >= 4 is 49.5 Å². The highest BCUT2D eigenvalue weighted by atomic mass is 16.4. The number of carboxylic acid groups (broad SMARTS) is 1. The predicted octanol–water partition coefficient (Wildman–Crippen LogP) is 7.26. The summed E-state index contributed by atoms with van der Waals surface area (Å²) in [6.07, 6.45) is -0.137. The van der Waals surface area contributed by atoms with Crippen LogP contribution in [0.4, 0.5) is 0 Å². The highest BCUT2D eigenvalue weighted by Crippen LogP contribution is 2.38. The average Bonchev–Trinajstić information content (AvgIpc) is 2.97. The number of aliphatic carboxylic acids is 1. The highest BCUT2D eigenvalue weighted by Gasteiger charge is 2.20. The molecule has 5 aromatic carbocycles. The molecule has 0 aliphatic heterocycles. The van der Waals surface area contributed by atoms with Gasteiger partial charge in [-0.2, -0.15) is 0 Å². The Morgan fingerprint density at radius 1 is 0.707 bits per heavy atom. The molecule has 0 fully saturated rings. The SMILES string of the molecule is CC(C)c1ccc(-c2ccc3oc4ccc5c(=O)n(-c6ccc(CC(=O)O)cc6)c(=O)c6ccc(c3c2)c4c56)cc1. The molecule has 0 radical (unpaired) electrons. The van der Waals surface area contributed by atoms with E-state index in [2.05, 4.69) is 44.2 Å². The van der Waals surface area contributed by atoms with E-state index in [1.807, 2.05) is 18.2 Å². The quantitative estimate of drug-likeness (QED) is 0.184. The maximum absolute atomic E-state index is 13.7. The molecule has 0 atom stereocenters. The van der Waals surface area contributed by atoms with Crippen molar-refractivity contribution in [3.63, 3.8) is 0 Å². The van der Waals surface area contributed by atoms with E-state index in [1.165, 1.54) is 5.56 Å². The maximum Gasteiger partial charge on any atom is 0.307 e. The van der Waals surface area contributed by atoms with Crippen LogP contribution in [-0.2, 0) is 11.2 Å². The second kappa shape index (κ2) is 9.17. The second-order valence-corrected chi connectivity index (χ2v) is 10.8. The first kappa shape index (κ1) is 24.8. The lowest BCUT2D eigenvalue weighted by atomic mass is 9.94. The van der Waals surface area contributed by atoms with Crippen LogP contribution in [0.2, 0.25) is 0 Å². The molecule has 0 aliphatic carbocycles. The third kappa shape index (κ3) is 3.91. The number of benzene rings is 5. The average molecular weight is 540 g/mol. The molecule has 200 valence electrons. The Bertz CT molecular complexity index is 2220. The first-order chi connectivity index (χ1) is 19.8. The Labute approximate surface area is 234 Å². The van der Waals surface area contributed by atoms with Gasteiger partial charge in [-0.05, 0) is 76.0 Å². The van der Waals surface area contributed by atoms with Crippen LogP contribution in [0.3, 0.4) is 0 Å². The summed E-state index contributed by atoms with van der Waals surface area (Å²) in [7, 11) is 0. The lowest BCUT2D eigenvalue weighted by Crippen LogP contribution is -2.31. The van der Waals surface area contributed by atoms with Gasteiger partial charge in [-0.3, -0.25) is 14.4 Å². The van der Waals surface area contributed by atoms with Gasteiger partial charge in [0.15, 0.2) is 0 Å². The molecule has 0 unspecified atom stereocenters. The normalized spacial score (nSPS) is 11.9. The third-order valence-electron chi connectivity index (χ3n) is 7.94. The minimum Gasteiger partial charge on any atom is -0.481 e. The molecule has 0 bridgehead atoms. The van der Waals surface area contributed by atoms with Crippen LogP contribution in [0.5, 0.6) is 0 Å². The van der Waals surface area contributed by atoms with Gasteiger partial charge in [-0.1, -0.05) is 62.4 Å². The molecule has 2 aromatic heterocycles. The van der Waals surface area contributed by atoms with E-state index in [0.717, 1.165) is 37.4 Å². The van der Waals surface area contributed by atoms with Crippen LogP contribution in [0, 0.1) is 0 Å². The monoisotopic (exact) mass is 539 g/mol. The fraction of sp³-hybridized carbons (Fsp3) is 0.114. The molecular weight excluding hydrogens is 514 g/mol. The van der Waals surface area contributed by atoms with Crippen molar-refractivity contribution in [3.05, 3.63) is 123 Å². The van der Waals surface area contributed by atoms with Gasteiger partial charge < -0.3 is 9.52 Å². The Kier molecular flexibility index (Phi) is 5.54. The van der Waals surface area contributed by atoms with Crippen LogP contribution >= 0.6 is 0 Å². The number of aromatic nitrogens is 1. The number of hydrogen-bond donors (Lipinski definition) is 1. The van der Waals surface area contributed by atoms with Crippen LogP contribution in [0.1, 0.15) is 30.9 Å². The molecule has 0 spiro atoms. The minimum atomic E-state index is -0.948. The van der Waals surface area contributed by atoms with Gasteiger partial charge in [-0.25, -0.2) is 4.57 Å². The molecule has 0 saturated heterocycles. The summed E-state index contributed by atoms with van der Waals surface area (Å²) in [5.41, 5.74) is 4.88. The zero-order chi connectivity index (χ0) is 28.4. The predicted molar refractivity (Wildman–Crippen MR) is 163 cm³/mol. The third-order valence-corrected chi connectivity index (χ3v) is 7.94. The first-order valence-electron chi connectivity index (χ1n) is 13.5. The number of pyridine rings is 1. The molecule has 0 amide bonds. The topological polar surface area (TPSA) is 89.5 Å². The van der Waals surface area contributed by atoms with Crippen molar-refractivity contribution in [1.82, 2.24) is 4.57 Å². The summed E-state index contributed by atoms with van der Waals surface area (Å²) in [6.45, 7) is 4.35. The molecule has 6 heteroatoms. The Morgan fingerprint density at radius 3 is 1.98 bits per heavy atom. The van der Waals surface area contributed by atoms with Crippen molar-refractivity contribution in [2.24, 2.45) is 0 Å². The smallest absolute Gasteiger partial charge is 0.307 e. The van der Waals surface area contributed by atoms with Gasteiger partial charge >= 0.3 is 5.97 Å². The molecule has 2 heterocycles. The Hall–Kier alpha value is -5.23. The molecule has 7 aromatic rings. The zero-order valence-corrected chi connectivity index (χ0v) is 22.5. The lowest BCUT2D eigenvalue weighted by molar-refractivity contribution is -0.136. The number of carboxylic acids is 1. The van der Waals surface area contributed by atoms with Gasteiger partial charge in [0.1, 0.15) is 11.2 Å². The molecule has 0 saturated carbocycles. The van der Waals surface area contributed by atoms with Crippen molar-refractivity contribution in [2.45, 2.75) is 26.2 Å². The van der Waals surface area contributed by atoms with Gasteiger partial charge in [0, 0.05) is 26.9 Å². The van der Waals surface area contributed by atoms with Gasteiger partial charge in [0.25, 0.3) is 11.1 Å². The minimum absolute atomic E-state index is 0.137. The van der Waals surface area contributed by atoms with Crippen molar-refractivity contribution < 1.29 is 14.3 Å². The lowest BCUT2D eigenvalue weighted by Gasteiger charge is -2.15. The van der Waals surface area contributed by atoms with E-state index in [1.54, 1.807) is 42.5 Å². The van der Waals surface area contributed by atoms with Crippen LogP contribution in [0.15, 0.2) is 105 Å². The maximum atomic E-state index is 13.7. The van der Waals surface area contributed by atoms with E-state index in [-0.39, 0.29) is 6.42 Å². The number of rotatable bonds is 5. The van der Waals surface area contributed by atoms with E-state index < -0.39 is 17.1 Å². The van der Waals surface area contributed by atoms with Crippen molar-refractivity contribution in [1.29, 1.82) is 0 Å². The van der Waals surface area contributed by atoms with Crippen LogP contribution in [0.25, 0.3) is 60.3 Å².